The molecule has 0 bridgehead atoms. The number of phenolic OH excluding ortho intramolecular Hbond substituents is 1. The molecule has 0 spiro atoms. The second-order valence-electron chi connectivity index (χ2n) is 11.5. The van der Waals surface area contributed by atoms with E-state index in [1.807, 2.05) is 114 Å². The Morgan fingerprint density at radius 2 is 0.894 bits per heavy atom. The van der Waals surface area contributed by atoms with Gasteiger partial charge in [-0.2, -0.15) is 0 Å². The van der Waals surface area contributed by atoms with Crippen LogP contribution in [0.25, 0.3) is 5.69 Å². The number of rotatable bonds is 11. The average molecular weight is 614 g/mol. The minimum absolute atomic E-state index is 0.144. The number of nitrogens with zero attached hydrogens (tertiary/aromatic N) is 1. The summed E-state index contributed by atoms with van der Waals surface area (Å²) in [6, 6.07) is 52.8. The number of aromatic hydroxyl groups is 1. The van der Waals surface area contributed by atoms with E-state index in [0.717, 1.165) is 22.4 Å². The summed E-state index contributed by atoms with van der Waals surface area (Å²) in [5, 5.41) is 12.0. The third kappa shape index (κ3) is 6.98. The Morgan fingerprint density at radius 3 is 1.43 bits per heavy atom. The summed E-state index contributed by atoms with van der Waals surface area (Å²) >= 11 is 0. The molecule has 230 valence electrons. The topological polar surface area (TPSA) is 43.6 Å². The fourth-order valence-corrected chi connectivity index (χ4v) is 5.87. The molecule has 0 aliphatic carbocycles. The molecule has 0 saturated heterocycles. The van der Waals surface area contributed by atoms with Crippen LogP contribution in [-0.2, 0) is 19.3 Å². The van der Waals surface area contributed by atoms with Crippen LogP contribution in [0.4, 0.5) is 0 Å². The summed E-state index contributed by atoms with van der Waals surface area (Å²) in [6.07, 6.45) is 5.70. The first-order valence-corrected chi connectivity index (χ1v) is 15.9. The van der Waals surface area contributed by atoms with Gasteiger partial charge in [0.15, 0.2) is 11.5 Å². The zero-order chi connectivity index (χ0) is 31.8. The minimum Gasteiger partial charge on any atom is -0.505 e. The Hall–Kier alpha value is -6.00. The predicted octanol–water partition coefficient (Wildman–Crippen LogP) is 10.5. The molecule has 7 rings (SSSR count). The first-order chi connectivity index (χ1) is 23.2. The third-order valence-electron chi connectivity index (χ3n) is 8.25. The van der Waals surface area contributed by atoms with Gasteiger partial charge in [0, 0.05) is 43.3 Å². The summed E-state index contributed by atoms with van der Waals surface area (Å²) in [5.41, 5.74) is 6.77. The molecular formula is C43H35NO3. The fourth-order valence-electron chi connectivity index (χ4n) is 5.87. The first kappa shape index (κ1) is 29.7. The predicted molar refractivity (Wildman–Crippen MR) is 188 cm³/mol. The van der Waals surface area contributed by atoms with Gasteiger partial charge in [-0.1, -0.05) is 127 Å². The second kappa shape index (κ2) is 14.0. The Kier molecular flexibility index (Phi) is 8.82. The molecule has 0 amide bonds. The van der Waals surface area contributed by atoms with Crippen molar-refractivity contribution in [3.05, 3.63) is 203 Å². The molecule has 0 radical (unpaired) electrons. The van der Waals surface area contributed by atoms with E-state index in [0.29, 0.717) is 47.8 Å². The van der Waals surface area contributed by atoms with Crippen molar-refractivity contribution in [2.24, 2.45) is 0 Å². The smallest absolute Gasteiger partial charge is 0.177 e. The van der Waals surface area contributed by atoms with Gasteiger partial charge in [-0.05, 0) is 52.1 Å². The lowest BCUT2D eigenvalue weighted by molar-refractivity contribution is 0.400. The number of para-hydroxylation sites is 2. The molecule has 1 heterocycles. The standard InChI is InChI=1S/C43H35NO3/c45-42-37(30-34-20-8-3-9-21-34)43(47-40-25-13-11-23-36(40)29-33-18-6-2-7-19-33)41(31-38(42)44-26-14-15-27-44)46-39-24-12-10-22-35(39)28-32-16-4-1-5-17-32/h1-27,31,45H,28-30H2. The van der Waals surface area contributed by atoms with Crippen molar-refractivity contribution in [3.8, 4) is 34.4 Å². The molecule has 1 aromatic heterocycles. The highest BCUT2D eigenvalue weighted by Crippen LogP contribution is 2.47. The number of hydrogen-bond donors (Lipinski definition) is 1. The molecule has 0 saturated carbocycles. The van der Waals surface area contributed by atoms with Gasteiger partial charge in [0.25, 0.3) is 0 Å². The summed E-state index contributed by atoms with van der Waals surface area (Å²) in [6.45, 7) is 0. The van der Waals surface area contributed by atoms with Crippen LogP contribution in [0.15, 0.2) is 170 Å². The first-order valence-electron chi connectivity index (χ1n) is 15.9. The van der Waals surface area contributed by atoms with Gasteiger partial charge in [0.05, 0.1) is 5.69 Å². The summed E-state index contributed by atoms with van der Waals surface area (Å²) in [5.74, 6) is 2.59. The molecule has 1 N–H and O–H groups in total. The van der Waals surface area contributed by atoms with E-state index in [2.05, 4.69) is 60.7 Å². The van der Waals surface area contributed by atoms with Crippen LogP contribution in [0.5, 0.6) is 28.7 Å². The van der Waals surface area contributed by atoms with Gasteiger partial charge in [-0.3, -0.25) is 0 Å². The van der Waals surface area contributed by atoms with E-state index >= 15 is 0 Å². The highest BCUT2D eigenvalue weighted by atomic mass is 16.5. The molecule has 0 aliphatic rings. The van der Waals surface area contributed by atoms with Crippen molar-refractivity contribution in [3.63, 3.8) is 0 Å². The molecule has 6 aromatic carbocycles. The van der Waals surface area contributed by atoms with Gasteiger partial charge < -0.3 is 19.1 Å². The lowest BCUT2D eigenvalue weighted by atomic mass is 10.0. The maximum absolute atomic E-state index is 12.0. The van der Waals surface area contributed by atoms with Crippen LogP contribution in [0.1, 0.15) is 33.4 Å². The van der Waals surface area contributed by atoms with Crippen molar-refractivity contribution in [1.29, 1.82) is 0 Å². The van der Waals surface area contributed by atoms with E-state index in [4.69, 9.17) is 9.47 Å². The molecule has 4 nitrogen and oxygen atoms in total. The van der Waals surface area contributed by atoms with Crippen molar-refractivity contribution in [1.82, 2.24) is 4.57 Å². The number of benzene rings is 6. The van der Waals surface area contributed by atoms with Crippen LogP contribution < -0.4 is 9.47 Å². The lowest BCUT2D eigenvalue weighted by Crippen LogP contribution is -2.04. The quantitative estimate of drug-likeness (QED) is 0.158. The van der Waals surface area contributed by atoms with Crippen molar-refractivity contribution >= 4 is 0 Å². The maximum atomic E-state index is 12.0. The molecule has 0 unspecified atom stereocenters. The van der Waals surface area contributed by atoms with Crippen molar-refractivity contribution < 1.29 is 14.6 Å². The monoisotopic (exact) mass is 613 g/mol. The molecule has 0 atom stereocenters. The van der Waals surface area contributed by atoms with Gasteiger partial charge in [0.1, 0.15) is 17.2 Å². The van der Waals surface area contributed by atoms with Gasteiger partial charge in [-0.15, -0.1) is 0 Å². The molecule has 47 heavy (non-hydrogen) atoms. The van der Waals surface area contributed by atoms with Crippen molar-refractivity contribution in [2.45, 2.75) is 19.3 Å². The summed E-state index contributed by atoms with van der Waals surface area (Å²) < 4.78 is 15.7. The number of phenols is 1. The van der Waals surface area contributed by atoms with Crippen LogP contribution in [0.2, 0.25) is 0 Å². The van der Waals surface area contributed by atoms with Crippen LogP contribution in [-0.4, -0.2) is 9.67 Å². The Morgan fingerprint density at radius 1 is 0.447 bits per heavy atom. The molecular weight excluding hydrogens is 578 g/mol. The second-order valence-corrected chi connectivity index (χ2v) is 11.5. The summed E-state index contributed by atoms with van der Waals surface area (Å²) in [7, 11) is 0. The highest BCUT2D eigenvalue weighted by molar-refractivity contribution is 5.66. The van der Waals surface area contributed by atoms with Gasteiger partial charge in [0.2, 0.25) is 0 Å². The SMILES string of the molecule is Oc1c(-n2cccc2)cc(Oc2ccccc2Cc2ccccc2)c(Oc2ccccc2Cc2ccccc2)c1Cc1ccccc1. The van der Waals surface area contributed by atoms with E-state index < -0.39 is 0 Å². The van der Waals surface area contributed by atoms with Crippen molar-refractivity contribution in [2.75, 3.05) is 0 Å². The molecule has 0 fully saturated rings. The Balaban J connectivity index is 1.38. The number of ether oxygens (including phenoxy) is 2. The largest absolute Gasteiger partial charge is 0.505 e. The van der Waals surface area contributed by atoms with Crippen LogP contribution in [0.3, 0.4) is 0 Å². The normalized spacial score (nSPS) is 10.9. The Bertz CT molecular complexity index is 2050. The van der Waals surface area contributed by atoms with Crippen LogP contribution in [0, 0.1) is 0 Å². The summed E-state index contributed by atoms with van der Waals surface area (Å²) in [4.78, 5) is 0. The highest BCUT2D eigenvalue weighted by Gasteiger charge is 2.24. The zero-order valence-corrected chi connectivity index (χ0v) is 26.0. The molecule has 0 aliphatic heterocycles. The van der Waals surface area contributed by atoms with E-state index in [1.54, 1.807) is 0 Å². The number of aromatic nitrogens is 1. The van der Waals surface area contributed by atoms with E-state index in [1.165, 1.54) is 11.1 Å². The molecule has 7 aromatic rings. The van der Waals surface area contributed by atoms with E-state index in [9.17, 15) is 5.11 Å². The Labute approximate surface area is 275 Å². The third-order valence-corrected chi connectivity index (χ3v) is 8.25. The lowest BCUT2D eigenvalue weighted by Gasteiger charge is -2.22. The average Bonchev–Trinajstić information content (AvgIpc) is 3.65. The van der Waals surface area contributed by atoms with E-state index in [-0.39, 0.29) is 5.75 Å². The van der Waals surface area contributed by atoms with Gasteiger partial charge >= 0.3 is 0 Å². The fraction of sp³-hybridized carbons (Fsp3) is 0.0698. The number of hydrogen-bond acceptors (Lipinski definition) is 3. The molecule has 4 heteroatoms. The van der Waals surface area contributed by atoms with Gasteiger partial charge in [-0.25, -0.2) is 0 Å². The van der Waals surface area contributed by atoms with Crippen LogP contribution >= 0.6 is 0 Å². The minimum atomic E-state index is 0.144. The zero-order valence-electron chi connectivity index (χ0n) is 26.0. The maximum Gasteiger partial charge on any atom is 0.177 e.